The van der Waals surface area contributed by atoms with Gasteiger partial charge < -0.3 is 4.90 Å². The lowest BCUT2D eigenvalue weighted by molar-refractivity contribution is 0.0634. The zero-order chi connectivity index (χ0) is 13.3. The molecule has 1 amide bonds. The zero-order valence-electron chi connectivity index (χ0n) is 10.7. The van der Waals surface area contributed by atoms with Gasteiger partial charge in [0, 0.05) is 17.1 Å². The quantitative estimate of drug-likeness (QED) is 0.769. The molecule has 98 valence electrons. The monoisotopic (exact) mass is 313 g/mol. The Bertz CT molecular complexity index is 475. The van der Waals surface area contributed by atoms with Crippen molar-refractivity contribution in [2.45, 2.75) is 39.2 Å². The van der Waals surface area contributed by atoms with E-state index in [2.05, 4.69) is 22.9 Å². The van der Waals surface area contributed by atoms with Gasteiger partial charge in [-0.05, 0) is 66.7 Å². The minimum Gasteiger partial charge on any atom is -0.336 e. The average Bonchev–Trinajstić information content (AvgIpc) is 2.33. The van der Waals surface area contributed by atoms with Gasteiger partial charge in [0.2, 0.25) is 0 Å². The van der Waals surface area contributed by atoms with Crippen LogP contribution >= 0.6 is 15.9 Å². The van der Waals surface area contributed by atoms with Gasteiger partial charge in [0.15, 0.2) is 0 Å². The van der Waals surface area contributed by atoms with E-state index in [0.717, 1.165) is 19.4 Å². The SMILES string of the molecule is Cc1cc(C(=O)N2CCCCC2C)c(Br)cc1F. The third-order valence-corrected chi connectivity index (χ3v) is 4.20. The maximum Gasteiger partial charge on any atom is 0.255 e. The molecule has 1 aliphatic rings. The number of carbonyl (C=O) groups is 1. The van der Waals surface area contributed by atoms with Crippen LogP contribution in [0.3, 0.4) is 0 Å². The van der Waals surface area contributed by atoms with Crippen LogP contribution in [0.5, 0.6) is 0 Å². The molecule has 1 aliphatic heterocycles. The van der Waals surface area contributed by atoms with E-state index in [1.54, 1.807) is 13.0 Å². The number of carbonyl (C=O) groups excluding carboxylic acids is 1. The summed E-state index contributed by atoms with van der Waals surface area (Å²) in [4.78, 5) is 14.4. The van der Waals surface area contributed by atoms with E-state index >= 15 is 0 Å². The van der Waals surface area contributed by atoms with Gasteiger partial charge in [0.25, 0.3) is 5.91 Å². The Labute approximate surface area is 115 Å². The third kappa shape index (κ3) is 2.58. The number of nitrogens with zero attached hydrogens (tertiary/aromatic N) is 1. The first kappa shape index (κ1) is 13.5. The lowest BCUT2D eigenvalue weighted by Gasteiger charge is -2.33. The Kier molecular flexibility index (Phi) is 4.05. The van der Waals surface area contributed by atoms with Gasteiger partial charge in [-0.3, -0.25) is 4.79 Å². The van der Waals surface area contributed by atoms with Crippen molar-refractivity contribution in [3.8, 4) is 0 Å². The topological polar surface area (TPSA) is 20.3 Å². The van der Waals surface area contributed by atoms with E-state index in [9.17, 15) is 9.18 Å². The van der Waals surface area contributed by atoms with Crippen LogP contribution in [0.4, 0.5) is 4.39 Å². The molecule has 1 atom stereocenters. The minimum absolute atomic E-state index is 0.00262. The van der Waals surface area contributed by atoms with E-state index in [1.165, 1.54) is 12.5 Å². The van der Waals surface area contributed by atoms with Crippen LogP contribution in [0, 0.1) is 12.7 Å². The summed E-state index contributed by atoms with van der Waals surface area (Å²) in [7, 11) is 0. The molecule has 0 aromatic heterocycles. The largest absolute Gasteiger partial charge is 0.336 e. The van der Waals surface area contributed by atoms with Crippen molar-refractivity contribution < 1.29 is 9.18 Å². The Hall–Kier alpha value is -0.900. The summed E-state index contributed by atoms with van der Waals surface area (Å²) >= 11 is 3.28. The molecule has 0 saturated carbocycles. The number of likely N-dealkylation sites (tertiary alicyclic amines) is 1. The van der Waals surface area contributed by atoms with Gasteiger partial charge in [-0.1, -0.05) is 0 Å². The Balaban J connectivity index is 2.30. The van der Waals surface area contributed by atoms with Crippen LogP contribution in [0.1, 0.15) is 42.1 Å². The fraction of sp³-hybridized carbons (Fsp3) is 0.500. The summed E-state index contributed by atoms with van der Waals surface area (Å²) in [5.41, 5.74) is 1.06. The molecule has 0 spiro atoms. The summed E-state index contributed by atoms with van der Waals surface area (Å²) in [6.45, 7) is 4.54. The highest BCUT2D eigenvalue weighted by molar-refractivity contribution is 9.10. The molecule has 0 bridgehead atoms. The molecule has 1 aromatic rings. The van der Waals surface area contributed by atoms with Gasteiger partial charge in [-0.2, -0.15) is 0 Å². The second-order valence-corrected chi connectivity index (χ2v) is 5.78. The molecular weight excluding hydrogens is 297 g/mol. The predicted octanol–water partition coefficient (Wildman–Crippen LogP) is 3.91. The average molecular weight is 314 g/mol. The maximum atomic E-state index is 13.4. The van der Waals surface area contributed by atoms with Gasteiger partial charge in [-0.15, -0.1) is 0 Å². The molecule has 0 aliphatic carbocycles. The number of rotatable bonds is 1. The third-order valence-electron chi connectivity index (χ3n) is 3.54. The van der Waals surface area contributed by atoms with Gasteiger partial charge >= 0.3 is 0 Å². The summed E-state index contributed by atoms with van der Waals surface area (Å²) < 4.78 is 13.9. The molecule has 2 nitrogen and oxygen atoms in total. The Morgan fingerprint density at radius 3 is 2.83 bits per heavy atom. The first-order valence-corrected chi connectivity index (χ1v) is 7.06. The smallest absolute Gasteiger partial charge is 0.255 e. The van der Waals surface area contributed by atoms with E-state index in [0.29, 0.717) is 15.6 Å². The number of piperidine rings is 1. The van der Waals surface area contributed by atoms with Crippen molar-refractivity contribution in [2.75, 3.05) is 6.54 Å². The molecule has 1 fully saturated rings. The number of aryl methyl sites for hydroxylation is 1. The molecule has 0 radical (unpaired) electrons. The van der Waals surface area contributed by atoms with Crippen LogP contribution in [0.2, 0.25) is 0 Å². The lowest BCUT2D eigenvalue weighted by atomic mass is 10.0. The molecule has 4 heteroatoms. The van der Waals surface area contributed by atoms with Crippen molar-refractivity contribution in [1.82, 2.24) is 4.90 Å². The predicted molar refractivity (Wildman–Crippen MR) is 73.2 cm³/mol. The molecule has 1 heterocycles. The van der Waals surface area contributed by atoms with Crippen LogP contribution in [-0.2, 0) is 0 Å². The Morgan fingerprint density at radius 1 is 1.44 bits per heavy atom. The molecule has 1 unspecified atom stereocenters. The molecule has 1 saturated heterocycles. The normalized spacial score (nSPS) is 20.0. The standard InChI is InChI=1S/C14H17BrFNO/c1-9-7-11(12(15)8-13(9)16)14(18)17-6-4-3-5-10(17)2/h7-8,10H,3-6H2,1-2H3. The lowest BCUT2D eigenvalue weighted by Crippen LogP contribution is -2.42. The second-order valence-electron chi connectivity index (χ2n) is 4.92. The molecule has 2 rings (SSSR count). The summed E-state index contributed by atoms with van der Waals surface area (Å²) in [5.74, 6) is -0.290. The molecular formula is C14H17BrFNO. The van der Waals surface area contributed by atoms with Crippen molar-refractivity contribution >= 4 is 21.8 Å². The zero-order valence-corrected chi connectivity index (χ0v) is 12.3. The van der Waals surface area contributed by atoms with Crippen LogP contribution in [0.25, 0.3) is 0 Å². The van der Waals surface area contributed by atoms with Crippen molar-refractivity contribution in [2.24, 2.45) is 0 Å². The molecule has 18 heavy (non-hydrogen) atoms. The number of benzene rings is 1. The first-order valence-electron chi connectivity index (χ1n) is 6.27. The van der Waals surface area contributed by atoms with Crippen molar-refractivity contribution in [3.63, 3.8) is 0 Å². The summed E-state index contributed by atoms with van der Waals surface area (Å²) in [6.07, 6.45) is 3.27. The van der Waals surface area contributed by atoms with Crippen LogP contribution < -0.4 is 0 Å². The highest BCUT2D eigenvalue weighted by Crippen LogP contribution is 2.25. The summed E-state index contributed by atoms with van der Waals surface area (Å²) in [6, 6.07) is 3.27. The fourth-order valence-electron chi connectivity index (χ4n) is 2.38. The Morgan fingerprint density at radius 2 is 2.17 bits per heavy atom. The van der Waals surface area contributed by atoms with Gasteiger partial charge in [0.05, 0.1) is 5.56 Å². The highest BCUT2D eigenvalue weighted by Gasteiger charge is 2.25. The highest BCUT2D eigenvalue weighted by atomic mass is 79.9. The maximum absolute atomic E-state index is 13.4. The van der Waals surface area contributed by atoms with Crippen LogP contribution in [-0.4, -0.2) is 23.4 Å². The molecule has 1 aromatic carbocycles. The fourth-order valence-corrected chi connectivity index (χ4v) is 2.86. The molecule has 0 N–H and O–H groups in total. The van der Waals surface area contributed by atoms with Crippen LogP contribution in [0.15, 0.2) is 16.6 Å². The minimum atomic E-state index is -0.287. The van der Waals surface area contributed by atoms with E-state index in [-0.39, 0.29) is 17.8 Å². The second kappa shape index (κ2) is 5.39. The number of amides is 1. The first-order chi connectivity index (χ1) is 8.50. The summed E-state index contributed by atoms with van der Waals surface area (Å²) in [5, 5.41) is 0. The van der Waals surface area contributed by atoms with E-state index in [4.69, 9.17) is 0 Å². The number of hydrogen-bond donors (Lipinski definition) is 0. The number of halogens is 2. The van der Waals surface area contributed by atoms with Gasteiger partial charge in [0.1, 0.15) is 5.82 Å². The van der Waals surface area contributed by atoms with Crippen molar-refractivity contribution in [1.29, 1.82) is 0 Å². The number of hydrogen-bond acceptors (Lipinski definition) is 1. The van der Waals surface area contributed by atoms with E-state index in [1.807, 2.05) is 4.90 Å². The van der Waals surface area contributed by atoms with E-state index < -0.39 is 0 Å². The van der Waals surface area contributed by atoms with Crippen molar-refractivity contribution in [3.05, 3.63) is 33.5 Å². The van der Waals surface area contributed by atoms with Gasteiger partial charge in [-0.25, -0.2) is 4.39 Å².